The average Bonchev–Trinajstić information content (AvgIpc) is 3.33. The van der Waals surface area contributed by atoms with Gasteiger partial charge in [0.1, 0.15) is 0 Å². The minimum atomic E-state index is -0.172. The number of hydrogen-bond donors (Lipinski definition) is 1. The minimum Gasteiger partial charge on any atom is -0.469 e. The summed E-state index contributed by atoms with van der Waals surface area (Å²) in [6.07, 6.45) is 6.02. The molecule has 3 heteroatoms. The van der Waals surface area contributed by atoms with Crippen molar-refractivity contribution in [3.63, 3.8) is 0 Å². The van der Waals surface area contributed by atoms with Crippen LogP contribution >= 0.6 is 0 Å². The second kappa shape index (κ2) is 5.57. The molecular formula is C17H23NO2. The fraction of sp³-hybridized carbons (Fsp3) is 0.588. The van der Waals surface area contributed by atoms with E-state index in [1.807, 2.05) is 18.2 Å². The predicted molar refractivity (Wildman–Crippen MR) is 78.3 cm³/mol. The van der Waals surface area contributed by atoms with Crippen molar-refractivity contribution in [1.82, 2.24) is 5.32 Å². The molecule has 1 aromatic rings. The van der Waals surface area contributed by atoms with Crippen LogP contribution in [0.2, 0.25) is 0 Å². The van der Waals surface area contributed by atoms with E-state index in [1.54, 1.807) is 0 Å². The number of hydrogen-bond acceptors (Lipinski definition) is 3. The first-order valence-corrected chi connectivity index (χ1v) is 7.58. The van der Waals surface area contributed by atoms with Crippen LogP contribution in [-0.2, 0) is 22.5 Å². The third kappa shape index (κ3) is 3.04. The van der Waals surface area contributed by atoms with Crippen LogP contribution in [0.4, 0.5) is 0 Å². The zero-order valence-electron chi connectivity index (χ0n) is 12.2. The summed E-state index contributed by atoms with van der Waals surface area (Å²) in [5.41, 5.74) is 2.91. The van der Waals surface area contributed by atoms with Crippen LogP contribution < -0.4 is 5.32 Å². The highest BCUT2D eigenvalue weighted by Crippen LogP contribution is 2.60. The van der Waals surface area contributed by atoms with E-state index in [9.17, 15) is 4.79 Å². The lowest BCUT2D eigenvalue weighted by Gasteiger charge is -2.16. The molecule has 0 atom stereocenters. The SMILES string of the molecule is COC(=O)Cc1ccccc1CNCC1(C2CC2)CC1. The molecule has 0 amide bonds. The molecule has 0 bridgehead atoms. The number of carbonyl (C=O) groups excluding carboxylic acids is 1. The van der Waals surface area contributed by atoms with E-state index in [4.69, 9.17) is 4.74 Å². The molecule has 0 unspecified atom stereocenters. The maximum Gasteiger partial charge on any atom is 0.309 e. The van der Waals surface area contributed by atoms with Crippen molar-refractivity contribution in [1.29, 1.82) is 0 Å². The lowest BCUT2D eigenvalue weighted by molar-refractivity contribution is -0.139. The fourth-order valence-corrected chi connectivity index (χ4v) is 3.16. The van der Waals surface area contributed by atoms with Gasteiger partial charge in [0.15, 0.2) is 0 Å². The first kappa shape index (κ1) is 13.6. The Hall–Kier alpha value is -1.35. The van der Waals surface area contributed by atoms with Gasteiger partial charge in [0.05, 0.1) is 13.5 Å². The maximum absolute atomic E-state index is 11.4. The highest BCUT2D eigenvalue weighted by molar-refractivity contribution is 5.72. The van der Waals surface area contributed by atoms with Crippen molar-refractivity contribution < 1.29 is 9.53 Å². The average molecular weight is 273 g/mol. The molecule has 0 aromatic heterocycles. The molecule has 0 saturated heterocycles. The van der Waals surface area contributed by atoms with Crippen LogP contribution in [-0.4, -0.2) is 19.6 Å². The first-order chi connectivity index (χ1) is 9.73. The van der Waals surface area contributed by atoms with Gasteiger partial charge in [0.2, 0.25) is 0 Å². The number of ether oxygens (including phenoxy) is 1. The molecular weight excluding hydrogens is 250 g/mol. The molecule has 20 heavy (non-hydrogen) atoms. The number of methoxy groups -OCH3 is 1. The van der Waals surface area contributed by atoms with E-state index in [-0.39, 0.29) is 5.97 Å². The van der Waals surface area contributed by atoms with E-state index in [2.05, 4.69) is 11.4 Å². The van der Waals surface area contributed by atoms with Gasteiger partial charge in [-0.2, -0.15) is 0 Å². The lowest BCUT2D eigenvalue weighted by Crippen LogP contribution is -2.25. The molecule has 0 aliphatic heterocycles. The summed E-state index contributed by atoms with van der Waals surface area (Å²) in [6.45, 7) is 1.98. The molecule has 2 aliphatic carbocycles. The Bertz CT molecular complexity index is 490. The van der Waals surface area contributed by atoms with Gasteiger partial charge in [-0.15, -0.1) is 0 Å². The molecule has 0 radical (unpaired) electrons. The Morgan fingerprint density at radius 1 is 1.30 bits per heavy atom. The monoisotopic (exact) mass is 273 g/mol. The van der Waals surface area contributed by atoms with E-state index in [0.29, 0.717) is 11.8 Å². The van der Waals surface area contributed by atoms with Crippen molar-refractivity contribution in [3.05, 3.63) is 35.4 Å². The van der Waals surface area contributed by atoms with E-state index >= 15 is 0 Å². The highest BCUT2D eigenvalue weighted by Gasteiger charge is 2.53. The lowest BCUT2D eigenvalue weighted by atomic mass is 10.00. The summed E-state index contributed by atoms with van der Waals surface area (Å²) in [7, 11) is 1.44. The van der Waals surface area contributed by atoms with Gasteiger partial charge in [0.25, 0.3) is 0 Å². The third-order valence-corrected chi connectivity index (χ3v) is 4.81. The van der Waals surface area contributed by atoms with Crippen molar-refractivity contribution in [2.24, 2.45) is 11.3 Å². The minimum absolute atomic E-state index is 0.172. The van der Waals surface area contributed by atoms with Crippen molar-refractivity contribution in [2.75, 3.05) is 13.7 Å². The highest BCUT2D eigenvalue weighted by atomic mass is 16.5. The largest absolute Gasteiger partial charge is 0.469 e. The van der Waals surface area contributed by atoms with Crippen LogP contribution in [0.1, 0.15) is 36.8 Å². The molecule has 0 spiro atoms. The second-order valence-corrected chi connectivity index (χ2v) is 6.26. The summed E-state index contributed by atoms with van der Waals surface area (Å²) in [6, 6.07) is 8.13. The first-order valence-electron chi connectivity index (χ1n) is 7.58. The van der Waals surface area contributed by atoms with Gasteiger partial charge in [-0.1, -0.05) is 24.3 Å². The standard InChI is InChI=1S/C17H23NO2/c1-20-16(19)10-13-4-2-3-5-14(13)11-18-12-17(8-9-17)15-6-7-15/h2-5,15,18H,6-12H2,1H3. The van der Waals surface area contributed by atoms with Crippen LogP contribution in [0.5, 0.6) is 0 Å². The molecule has 0 heterocycles. The van der Waals surface area contributed by atoms with Crippen molar-refractivity contribution >= 4 is 5.97 Å². The second-order valence-electron chi connectivity index (χ2n) is 6.26. The maximum atomic E-state index is 11.4. The van der Waals surface area contributed by atoms with Gasteiger partial charge < -0.3 is 10.1 Å². The van der Waals surface area contributed by atoms with Gasteiger partial charge >= 0.3 is 5.97 Å². The van der Waals surface area contributed by atoms with Gasteiger partial charge in [0, 0.05) is 13.1 Å². The summed E-state index contributed by atoms with van der Waals surface area (Å²) in [4.78, 5) is 11.4. The number of esters is 1. The summed E-state index contributed by atoms with van der Waals surface area (Å²) in [5.74, 6) is 0.814. The summed E-state index contributed by atoms with van der Waals surface area (Å²) in [5, 5.41) is 3.61. The number of nitrogens with one attached hydrogen (secondary N) is 1. The number of benzene rings is 1. The Kier molecular flexibility index (Phi) is 3.79. The quantitative estimate of drug-likeness (QED) is 0.776. The molecule has 2 fully saturated rings. The van der Waals surface area contributed by atoms with Crippen LogP contribution in [0, 0.1) is 11.3 Å². The predicted octanol–water partition coefficient (Wildman–Crippen LogP) is 2.68. The summed E-state index contributed by atoms with van der Waals surface area (Å²) >= 11 is 0. The van der Waals surface area contributed by atoms with Gasteiger partial charge in [-0.3, -0.25) is 4.79 Å². The molecule has 2 aliphatic rings. The van der Waals surface area contributed by atoms with Crippen LogP contribution in [0.15, 0.2) is 24.3 Å². The molecule has 3 nitrogen and oxygen atoms in total. The number of carbonyl (C=O) groups is 1. The number of rotatable bonds is 7. The molecule has 2 saturated carbocycles. The Morgan fingerprint density at radius 3 is 2.60 bits per heavy atom. The third-order valence-electron chi connectivity index (χ3n) is 4.81. The van der Waals surface area contributed by atoms with Crippen molar-refractivity contribution in [2.45, 2.75) is 38.6 Å². The summed E-state index contributed by atoms with van der Waals surface area (Å²) < 4.78 is 4.76. The normalized spacial score (nSPS) is 19.6. The van der Waals surface area contributed by atoms with Crippen molar-refractivity contribution in [3.8, 4) is 0 Å². The van der Waals surface area contributed by atoms with E-state index in [1.165, 1.54) is 38.4 Å². The van der Waals surface area contributed by atoms with Gasteiger partial charge in [-0.25, -0.2) is 0 Å². The molecule has 108 valence electrons. The Balaban J connectivity index is 1.55. The fourth-order valence-electron chi connectivity index (χ4n) is 3.16. The molecule has 1 aromatic carbocycles. The molecule has 3 rings (SSSR count). The van der Waals surface area contributed by atoms with E-state index < -0.39 is 0 Å². The smallest absolute Gasteiger partial charge is 0.309 e. The Labute approximate surface area is 120 Å². The molecule has 1 N–H and O–H groups in total. The zero-order valence-corrected chi connectivity index (χ0v) is 12.2. The Morgan fingerprint density at radius 2 is 2.00 bits per heavy atom. The topological polar surface area (TPSA) is 38.3 Å². The van der Waals surface area contributed by atoms with Gasteiger partial charge in [-0.05, 0) is 48.1 Å². The van der Waals surface area contributed by atoms with Crippen LogP contribution in [0.3, 0.4) is 0 Å². The van der Waals surface area contributed by atoms with E-state index in [0.717, 1.165) is 24.6 Å². The zero-order chi connectivity index (χ0) is 14.0. The van der Waals surface area contributed by atoms with Crippen LogP contribution in [0.25, 0.3) is 0 Å².